The largest absolute Gasteiger partial charge is 0.370 e. The van der Waals surface area contributed by atoms with E-state index in [0.717, 1.165) is 44.6 Å². The first-order chi connectivity index (χ1) is 15.0. The predicted molar refractivity (Wildman–Crippen MR) is 133 cm³/mol. The molecule has 0 aromatic heterocycles. The molecule has 1 spiro atoms. The Morgan fingerprint density at radius 2 is 1.75 bits per heavy atom. The van der Waals surface area contributed by atoms with Gasteiger partial charge in [-0.25, -0.2) is 8.42 Å². The highest BCUT2D eigenvalue weighted by Gasteiger charge is 2.43. The van der Waals surface area contributed by atoms with Crippen LogP contribution in [-0.2, 0) is 16.4 Å². The molecule has 0 amide bonds. The quantitative estimate of drug-likeness (QED) is 0.624. The predicted octanol–water partition coefficient (Wildman–Crippen LogP) is 3.90. The number of nitrogens with one attached hydrogen (secondary N) is 2. The van der Waals surface area contributed by atoms with Crippen LogP contribution >= 0.6 is 12.4 Å². The van der Waals surface area contributed by atoms with E-state index in [0.29, 0.717) is 24.0 Å². The third-order valence-corrected chi connectivity index (χ3v) is 9.08. The highest BCUT2D eigenvalue weighted by Crippen LogP contribution is 2.30. The summed E-state index contributed by atoms with van der Waals surface area (Å²) in [5, 5.41) is 7.49. The number of nitrogens with zero attached hydrogens (tertiary/aromatic N) is 2. The summed E-state index contributed by atoms with van der Waals surface area (Å²) in [6.45, 7) is 4.84. The van der Waals surface area contributed by atoms with E-state index in [1.165, 1.54) is 44.1 Å². The zero-order valence-corrected chi connectivity index (χ0v) is 20.9. The maximum Gasteiger partial charge on any atom is 0.243 e. The van der Waals surface area contributed by atoms with Crippen LogP contribution in [0.4, 0.5) is 0 Å². The van der Waals surface area contributed by atoms with Crippen LogP contribution in [0.5, 0.6) is 0 Å². The van der Waals surface area contributed by atoms with Crippen LogP contribution in [-0.4, -0.2) is 56.3 Å². The van der Waals surface area contributed by atoms with E-state index in [-0.39, 0.29) is 17.9 Å². The number of piperidine rings is 1. The zero-order valence-electron chi connectivity index (χ0n) is 19.3. The van der Waals surface area contributed by atoms with E-state index >= 15 is 0 Å². The third-order valence-electron chi connectivity index (χ3n) is 7.17. The normalized spacial score (nSPS) is 22.6. The molecule has 0 atom stereocenters. The molecule has 0 unspecified atom stereocenters. The van der Waals surface area contributed by atoms with Crippen LogP contribution in [0.1, 0.15) is 70.3 Å². The molecule has 2 N–H and O–H groups in total. The van der Waals surface area contributed by atoms with Gasteiger partial charge < -0.3 is 10.6 Å². The van der Waals surface area contributed by atoms with E-state index in [2.05, 4.69) is 17.6 Å². The molecule has 1 aromatic carbocycles. The zero-order chi connectivity index (χ0) is 21.7. The van der Waals surface area contributed by atoms with Gasteiger partial charge in [-0.15, -0.1) is 12.4 Å². The van der Waals surface area contributed by atoms with E-state index in [4.69, 9.17) is 4.99 Å². The molecule has 180 valence electrons. The van der Waals surface area contributed by atoms with Crippen LogP contribution in [0.2, 0.25) is 0 Å². The smallest absolute Gasteiger partial charge is 0.243 e. The van der Waals surface area contributed by atoms with Crippen molar-refractivity contribution in [3.05, 3.63) is 29.8 Å². The van der Waals surface area contributed by atoms with Gasteiger partial charge in [-0.1, -0.05) is 51.2 Å². The fourth-order valence-corrected chi connectivity index (χ4v) is 6.73. The lowest BCUT2D eigenvalue weighted by Crippen LogP contribution is -2.65. The average Bonchev–Trinajstić information content (AvgIpc) is 3.05. The van der Waals surface area contributed by atoms with Crippen molar-refractivity contribution in [2.24, 2.45) is 4.99 Å². The summed E-state index contributed by atoms with van der Waals surface area (Å²) in [6, 6.07) is 7.94. The Hall–Kier alpha value is -1.15. The Morgan fingerprint density at radius 1 is 1.09 bits per heavy atom. The minimum atomic E-state index is -3.45. The summed E-state index contributed by atoms with van der Waals surface area (Å²) in [4.78, 5) is 5.29. The van der Waals surface area contributed by atoms with Gasteiger partial charge in [-0.05, 0) is 49.8 Å². The first-order valence-electron chi connectivity index (χ1n) is 12.2. The lowest BCUT2D eigenvalue weighted by atomic mass is 9.85. The number of benzene rings is 1. The lowest BCUT2D eigenvalue weighted by molar-refractivity contribution is 0.239. The minimum Gasteiger partial charge on any atom is -0.370 e. The summed E-state index contributed by atoms with van der Waals surface area (Å²) in [6.07, 6.45) is 11.2. The Kier molecular flexibility index (Phi) is 9.01. The Morgan fingerprint density at radius 3 is 2.38 bits per heavy atom. The molecule has 0 bridgehead atoms. The van der Waals surface area contributed by atoms with Gasteiger partial charge in [0.1, 0.15) is 5.84 Å². The molecule has 1 saturated carbocycles. The monoisotopic (exact) mass is 482 g/mol. The molecular weight excluding hydrogens is 444 g/mol. The van der Waals surface area contributed by atoms with Crippen molar-refractivity contribution in [2.45, 2.75) is 87.6 Å². The second-order valence-corrected chi connectivity index (χ2v) is 11.3. The average molecular weight is 483 g/mol. The molecule has 2 fully saturated rings. The summed E-state index contributed by atoms with van der Waals surface area (Å²) in [5.74, 6) is 1.08. The highest BCUT2D eigenvalue weighted by atomic mass is 35.5. The molecule has 1 aliphatic carbocycles. The number of hydrogen-bond donors (Lipinski definition) is 2. The molecule has 1 saturated heterocycles. The van der Waals surface area contributed by atoms with Crippen LogP contribution < -0.4 is 10.6 Å². The Bertz CT molecular complexity index is 856. The number of hydrogen-bond acceptors (Lipinski definition) is 5. The molecule has 2 aliphatic heterocycles. The maximum absolute atomic E-state index is 13.2. The van der Waals surface area contributed by atoms with Crippen molar-refractivity contribution in [2.75, 3.05) is 26.2 Å². The Labute approximate surface area is 200 Å². The molecule has 0 radical (unpaired) electrons. The van der Waals surface area contributed by atoms with Gasteiger partial charge >= 0.3 is 0 Å². The summed E-state index contributed by atoms with van der Waals surface area (Å²) < 4.78 is 28.1. The van der Waals surface area contributed by atoms with Gasteiger partial charge in [0.2, 0.25) is 10.0 Å². The second kappa shape index (κ2) is 11.3. The number of amidine groups is 1. The summed E-state index contributed by atoms with van der Waals surface area (Å²) in [5.41, 5.74) is 0.984. The number of sulfonamides is 1. The topological polar surface area (TPSA) is 73.8 Å². The van der Waals surface area contributed by atoms with Gasteiger partial charge in [-0.3, -0.25) is 4.99 Å². The fraction of sp³-hybridized carbons (Fsp3) is 0.708. The molecule has 6 nitrogen and oxygen atoms in total. The summed E-state index contributed by atoms with van der Waals surface area (Å²) >= 11 is 0. The first kappa shape index (κ1) is 25.5. The van der Waals surface area contributed by atoms with Crippen molar-refractivity contribution in [3.8, 4) is 0 Å². The maximum atomic E-state index is 13.2. The SMILES string of the molecule is CCCc1ccc(S(=O)(=O)N2CCC3(CC2)NCCN=C3NC2CCCCCC2)cc1.Cl. The summed E-state index contributed by atoms with van der Waals surface area (Å²) in [7, 11) is -3.45. The molecular formula is C24H39ClN4O2S. The van der Waals surface area contributed by atoms with Gasteiger partial charge in [0.05, 0.1) is 17.0 Å². The van der Waals surface area contributed by atoms with Crippen LogP contribution in [0.15, 0.2) is 34.2 Å². The Balaban J connectivity index is 0.00000289. The van der Waals surface area contributed by atoms with Gasteiger partial charge in [0.25, 0.3) is 0 Å². The molecule has 8 heteroatoms. The molecule has 1 aromatic rings. The number of aryl methyl sites for hydroxylation is 1. The molecule has 4 rings (SSSR count). The van der Waals surface area contributed by atoms with Crippen molar-refractivity contribution < 1.29 is 8.42 Å². The van der Waals surface area contributed by atoms with Gasteiger partial charge in [-0.2, -0.15) is 4.31 Å². The van der Waals surface area contributed by atoms with E-state index < -0.39 is 10.0 Å². The van der Waals surface area contributed by atoms with Crippen molar-refractivity contribution in [1.82, 2.24) is 14.9 Å². The van der Waals surface area contributed by atoms with Crippen LogP contribution in [0.25, 0.3) is 0 Å². The van der Waals surface area contributed by atoms with Crippen molar-refractivity contribution in [3.63, 3.8) is 0 Å². The van der Waals surface area contributed by atoms with E-state index in [1.54, 1.807) is 16.4 Å². The molecule has 32 heavy (non-hydrogen) atoms. The first-order valence-corrected chi connectivity index (χ1v) is 13.6. The number of halogens is 1. The third kappa shape index (κ3) is 5.66. The van der Waals surface area contributed by atoms with Crippen molar-refractivity contribution in [1.29, 1.82) is 0 Å². The lowest BCUT2D eigenvalue weighted by Gasteiger charge is -2.45. The standard InChI is InChI=1S/C24H38N4O2S.ClH/c1-2-7-20-10-12-22(13-11-20)31(29,30)28-18-14-24(15-19-28)23(25-16-17-26-24)27-21-8-5-3-4-6-9-21;/h10-13,21,26H,2-9,14-19H2,1H3,(H,25,27);1H. The molecule has 2 heterocycles. The highest BCUT2D eigenvalue weighted by molar-refractivity contribution is 7.89. The van der Waals surface area contributed by atoms with Gasteiger partial charge in [0.15, 0.2) is 0 Å². The van der Waals surface area contributed by atoms with Crippen molar-refractivity contribution >= 4 is 28.3 Å². The fourth-order valence-electron chi connectivity index (χ4n) is 5.29. The second-order valence-electron chi connectivity index (χ2n) is 9.37. The van der Waals surface area contributed by atoms with E-state index in [1.807, 2.05) is 12.1 Å². The van der Waals surface area contributed by atoms with Gasteiger partial charge in [0, 0.05) is 25.7 Å². The molecule has 3 aliphatic rings. The van der Waals surface area contributed by atoms with Crippen LogP contribution in [0.3, 0.4) is 0 Å². The van der Waals surface area contributed by atoms with E-state index in [9.17, 15) is 8.42 Å². The number of rotatable bonds is 5. The van der Waals surface area contributed by atoms with Crippen LogP contribution in [0, 0.1) is 0 Å². The number of aliphatic imine (C=N–C) groups is 1. The minimum absolute atomic E-state index is 0.